The molecule has 1 atom stereocenters. The molecule has 19 heavy (non-hydrogen) atoms. The summed E-state index contributed by atoms with van der Waals surface area (Å²) in [4.78, 5) is 0. The van der Waals surface area contributed by atoms with Crippen molar-refractivity contribution >= 4 is 15.9 Å². The number of nitrogens with two attached hydrogens (primary N) is 1. The molecule has 0 heterocycles. The third kappa shape index (κ3) is 3.30. The zero-order chi connectivity index (χ0) is 14.0. The Kier molecular flexibility index (Phi) is 4.17. The van der Waals surface area contributed by atoms with Gasteiger partial charge in [0.05, 0.1) is 0 Å². The van der Waals surface area contributed by atoms with Crippen molar-refractivity contribution < 1.29 is 13.5 Å². The smallest absolute Gasteiger partial charge is 0.201 e. The maximum Gasteiger partial charge on any atom is 0.201 e. The van der Waals surface area contributed by atoms with E-state index >= 15 is 0 Å². The molecule has 0 spiro atoms. The highest BCUT2D eigenvalue weighted by atomic mass is 79.9. The molecule has 0 aliphatic heterocycles. The van der Waals surface area contributed by atoms with Crippen LogP contribution in [0.25, 0.3) is 0 Å². The lowest BCUT2D eigenvalue weighted by atomic mass is 10.1. The predicted octanol–water partition coefficient (Wildman–Crippen LogP) is 4.54. The molecule has 2 aromatic carbocycles. The monoisotopic (exact) mass is 327 g/mol. The lowest BCUT2D eigenvalue weighted by Gasteiger charge is -2.11. The summed E-state index contributed by atoms with van der Waals surface area (Å²) in [6.45, 7) is 1.83. The minimum atomic E-state index is -1.02. The van der Waals surface area contributed by atoms with Gasteiger partial charge in [-0.05, 0) is 36.8 Å². The summed E-state index contributed by atoms with van der Waals surface area (Å²) < 4.78 is 32.6. The van der Waals surface area contributed by atoms with Crippen molar-refractivity contribution in [2.45, 2.75) is 13.0 Å². The van der Waals surface area contributed by atoms with Crippen LogP contribution in [-0.2, 0) is 0 Å². The van der Waals surface area contributed by atoms with Gasteiger partial charge in [-0.15, -0.1) is 0 Å². The average molecular weight is 328 g/mol. The molecule has 0 bridgehead atoms. The normalized spacial score (nSPS) is 12.3. The van der Waals surface area contributed by atoms with Crippen LogP contribution in [0.4, 0.5) is 8.78 Å². The third-order valence-corrected chi connectivity index (χ3v) is 3.03. The van der Waals surface area contributed by atoms with Crippen LogP contribution in [0.2, 0.25) is 0 Å². The van der Waals surface area contributed by atoms with E-state index in [1.807, 2.05) is 13.0 Å². The summed E-state index contributed by atoms with van der Waals surface area (Å²) in [5.41, 5.74) is 6.61. The Hall–Kier alpha value is -1.46. The van der Waals surface area contributed by atoms with Crippen molar-refractivity contribution in [2.24, 2.45) is 5.73 Å². The Morgan fingerprint density at radius 1 is 1.21 bits per heavy atom. The summed E-state index contributed by atoms with van der Waals surface area (Å²) in [7, 11) is 0. The van der Waals surface area contributed by atoms with E-state index < -0.39 is 11.6 Å². The molecule has 0 aromatic heterocycles. The molecule has 100 valence electrons. The maximum absolute atomic E-state index is 13.6. The second-order valence-electron chi connectivity index (χ2n) is 4.16. The zero-order valence-corrected chi connectivity index (χ0v) is 11.7. The van der Waals surface area contributed by atoms with Gasteiger partial charge in [-0.3, -0.25) is 0 Å². The van der Waals surface area contributed by atoms with Crippen LogP contribution >= 0.6 is 15.9 Å². The van der Waals surface area contributed by atoms with E-state index in [1.165, 1.54) is 6.07 Å². The third-order valence-electron chi connectivity index (χ3n) is 2.57. The van der Waals surface area contributed by atoms with Crippen molar-refractivity contribution in [3.63, 3.8) is 0 Å². The van der Waals surface area contributed by atoms with Gasteiger partial charge in [0.25, 0.3) is 0 Å². The fourth-order valence-corrected chi connectivity index (χ4v) is 2.00. The number of hydrogen-bond donors (Lipinski definition) is 1. The second-order valence-corrected chi connectivity index (χ2v) is 5.08. The Balaban J connectivity index is 2.33. The van der Waals surface area contributed by atoms with Gasteiger partial charge in [0.2, 0.25) is 5.82 Å². The van der Waals surface area contributed by atoms with Crippen LogP contribution < -0.4 is 10.5 Å². The Bertz CT molecular complexity index is 602. The van der Waals surface area contributed by atoms with Gasteiger partial charge >= 0.3 is 0 Å². The first-order valence-corrected chi connectivity index (χ1v) is 6.44. The van der Waals surface area contributed by atoms with Gasteiger partial charge in [-0.2, -0.15) is 4.39 Å². The summed E-state index contributed by atoms with van der Waals surface area (Å²) >= 11 is 3.09. The van der Waals surface area contributed by atoms with Crippen LogP contribution in [0.5, 0.6) is 11.5 Å². The number of rotatable bonds is 3. The summed E-state index contributed by atoms with van der Waals surface area (Å²) in [6, 6.07) is 9.20. The van der Waals surface area contributed by atoms with Crippen LogP contribution in [0, 0.1) is 11.6 Å². The van der Waals surface area contributed by atoms with Crippen LogP contribution in [0.15, 0.2) is 40.9 Å². The number of ether oxygens (including phenoxy) is 1. The molecule has 1 unspecified atom stereocenters. The summed E-state index contributed by atoms with van der Waals surface area (Å²) in [5, 5.41) is 0. The number of halogens is 3. The highest BCUT2D eigenvalue weighted by Gasteiger charge is 2.12. The van der Waals surface area contributed by atoms with Gasteiger partial charge in [0.15, 0.2) is 11.6 Å². The molecule has 0 amide bonds. The van der Waals surface area contributed by atoms with Gasteiger partial charge in [-0.25, -0.2) is 4.39 Å². The van der Waals surface area contributed by atoms with Crippen molar-refractivity contribution in [2.75, 3.05) is 0 Å². The van der Waals surface area contributed by atoms with E-state index in [9.17, 15) is 8.78 Å². The molecule has 2 N–H and O–H groups in total. The molecule has 0 aliphatic carbocycles. The molecular formula is C14H12BrF2NO. The number of benzene rings is 2. The van der Waals surface area contributed by atoms with Crippen molar-refractivity contribution in [1.82, 2.24) is 0 Å². The first-order valence-electron chi connectivity index (χ1n) is 5.65. The quantitative estimate of drug-likeness (QED) is 0.840. The van der Waals surface area contributed by atoms with Crippen molar-refractivity contribution in [1.29, 1.82) is 0 Å². The summed E-state index contributed by atoms with van der Waals surface area (Å²) in [6.07, 6.45) is 0. The topological polar surface area (TPSA) is 35.2 Å². The molecule has 0 saturated carbocycles. The molecule has 2 nitrogen and oxygen atoms in total. The van der Waals surface area contributed by atoms with Crippen LogP contribution in [-0.4, -0.2) is 0 Å². The number of hydrogen-bond acceptors (Lipinski definition) is 2. The molecule has 0 aliphatic rings. The van der Waals surface area contributed by atoms with E-state index in [4.69, 9.17) is 10.5 Å². The Labute approximate surface area is 118 Å². The van der Waals surface area contributed by atoms with Crippen LogP contribution in [0.3, 0.4) is 0 Å². The minimum absolute atomic E-state index is 0.160. The standard InChI is InChI=1S/C14H12BrF2NO/c1-8(18)9-3-2-4-11(5-9)19-13-7-10(15)6-12(16)14(13)17/h2-8H,18H2,1H3. The van der Waals surface area contributed by atoms with Gasteiger partial charge < -0.3 is 10.5 Å². The lowest BCUT2D eigenvalue weighted by molar-refractivity contribution is 0.415. The van der Waals surface area contributed by atoms with Crippen LogP contribution in [0.1, 0.15) is 18.5 Å². The molecule has 0 fully saturated rings. The molecule has 2 aromatic rings. The highest BCUT2D eigenvalue weighted by molar-refractivity contribution is 9.10. The average Bonchev–Trinajstić information content (AvgIpc) is 2.35. The van der Waals surface area contributed by atoms with E-state index in [-0.39, 0.29) is 11.8 Å². The lowest BCUT2D eigenvalue weighted by Crippen LogP contribution is -2.04. The fourth-order valence-electron chi connectivity index (χ4n) is 1.59. The zero-order valence-electron chi connectivity index (χ0n) is 10.2. The molecule has 2 rings (SSSR count). The molecular weight excluding hydrogens is 316 g/mol. The fraction of sp³-hybridized carbons (Fsp3) is 0.143. The Morgan fingerprint density at radius 2 is 1.95 bits per heavy atom. The van der Waals surface area contributed by atoms with E-state index in [0.29, 0.717) is 10.2 Å². The predicted molar refractivity (Wildman–Crippen MR) is 73.2 cm³/mol. The van der Waals surface area contributed by atoms with Gasteiger partial charge in [0, 0.05) is 10.5 Å². The molecule has 0 radical (unpaired) electrons. The second kappa shape index (κ2) is 5.67. The van der Waals surface area contributed by atoms with E-state index in [0.717, 1.165) is 11.6 Å². The van der Waals surface area contributed by atoms with E-state index in [2.05, 4.69) is 15.9 Å². The van der Waals surface area contributed by atoms with Gasteiger partial charge in [0.1, 0.15) is 5.75 Å². The van der Waals surface area contributed by atoms with Crippen molar-refractivity contribution in [3.8, 4) is 11.5 Å². The first-order chi connectivity index (χ1) is 8.97. The molecule has 5 heteroatoms. The summed E-state index contributed by atoms with van der Waals surface area (Å²) in [5.74, 6) is -1.75. The maximum atomic E-state index is 13.6. The van der Waals surface area contributed by atoms with E-state index in [1.54, 1.807) is 18.2 Å². The first kappa shape index (κ1) is 14.0. The van der Waals surface area contributed by atoms with Crippen molar-refractivity contribution in [3.05, 3.63) is 58.1 Å². The minimum Gasteiger partial charge on any atom is -0.454 e. The molecule has 0 saturated heterocycles. The Morgan fingerprint density at radius 3 is 2.63 bits per heavy atom. The van der Waals surface area contributed by atoms with Gasteiger partial charge in [-0.1, -0.05) is 28.1 Å². The SMILES string of the molecule is CC(N)c1cccc(Oc2cc(Br)cc(F)c2F)c1. The highest BCUT2D eigenvalue weighted by Crippen LogP contribution is 2.30. The largest absolute Gasteiger partial charge is 0.454 e.